The molecule has 0 amide bonds. The second kappa shape index (κ2) is 2.02. The number of halogens is 1. The molecular weight excluding hydrogens is 145 g/mol. The molecule has 0 N–H and O–H groups in total. The SMILES string of the molecule is Cn1ncc2ncc(F)cc21. The van der Waals surface area contributed by atoms with E-state index in [0.717, 1.165) is 0 Å². The Morgan fingerprint density at radius 3 is 3.09 bits per heavy atom. The Labute approximate surface area is 62.5 Å². The van der Waals surface area contributed by atoms with Crippen LogP contribution in [0.2, 0.25) is 0 Å². The summed E-state index contributed by atoms with van der Waals surface area (Å²) in [7, 11) is 1.75. The molecule has 2 rings (SSSR count). The lowest BCUT2D eigenvalue weighted by atomic mass is 10.4. The van der Waals surface area contributed by atoms with E-state index in [1.54, 1.807) is 17.9 Å². The number of rotatable bonds is 0. The maximum absolute atomic E-state index is 12.6. The van der Waals surface area contributed by atoms with Gasteiger partial charge >= 0.3 is 0 Å². The molecule has 0 spiro atoms. The zero-order valence-electron chi connectivity index (χ0n) is 5.95. The van der Waals surface area contributed by atoms with Crippen LogP contribution in [-0.2, 0) is 7.05 Å². The first-order chi connectivity index (χ1) is 5.27. The average molecular weight is 151 g/mol. The molecule has 4 heteroatoms. The molecule has 2 aromatic rings. The zero-order chi connectivity index (χ0) is 7.84. The molecule has 0 aliphatic carbocycles. The number of nitrogens with zero attached hydrogens (tertiary/aromatic N) is 3. The van der Waals surface area contributed by atoms with E-state index in [9.17, 15) is 4.39 Å². The van der Waals surface area contributed by atoms with E-state index in [4.69, 9.17) is 0 Å². The minimum absolute atomic E-state index is 0.332. The molecule has 0 saturated carbocycles. The van der Waals surface area contributed by atoms with E-state index in [2.05, 4.69) is 10.1 Å². The number of hydrogen-bond acceptors (Lipinski definition) is 2. The molecule has 0 radical (unpaired) electrons. The quantitative estimate of drug-likeness (QED) is 0.564. The summed E-state index contributed by atoms with van der Waals surface area (Å²) >= 11 is 0. The van der Waals surface area contributed by atoms with Crippen molar-refractivity contribution in [3.8, 4) is 0 Å². The molecule has 3 nitrogen and oxygen atoms in total. The first-order valence-electron chi connectivity index (χ1n) is 3.20. The highest BCUT2D eigenvalue weighted by molar-refractivity contribution is 5.73. The minimum atomic E-state index is -0.332. The van der Waals surface area contributed by atoms with Crippen molar-refractivity contribution in [3.63, 3.8) is 0 Å². The number of hydrogen-bond donors (Lipinski definition) is 0. The van der Waals surface area contributed by atoms with Gasteiger partial charge in [-0.15, -0.1) is 0 Å². The Bertz CT molecular complexity index is 393. The summed E-state index contributed by atoms with van der Waals surface area (Å²) in [6.07, 6.45) is 2.79. The molecule has 11 heavy (non-hydrogen) atoms. The van der Waals surface area contributed by atoms with Crippen molar-refractivity contribution >= 4 is 11.0 Å². The lowest BCUT2D eigenvalue weighted by molar-refractivity contribution is 0.622. The normalized spacial score (nSPS) is 10.7. The highest BCUT2D eigenvalue weighted by Gasteiger charge is 2.00. The Kier molecular flexibility index (Phi) is 1.15. The van der Waals surface area contributed by atoms with Crippen molar-refractivity contribution in [2.75, 3.05) is 0 Å². The van der Waals surface area contributed by atoms with E-state index >= 15 is 0 Å². The van der Waals surface area contributed by atoms with Crippen molar-refractivity contribution in [2.45, 2.75) is 0 Å². The van der Waals surface area contributed by atoms with Crippen molar-refractivity contribution in [3.05, 3.63) is 24.3 Å². The predicted molar refractivity (Wildman–Crippen MR) is 38.5 cm³/mol. The molecular formula is C7H6FN3. The highest BCUT2D eigenvalue weighted by Crippen LogP contribution is 2.09. The van der Waals surface area contributed by atoms with E-state index in [0.29, 0.717) is 11.0 Å². The van der Waals surface area contributed by atoms with Crippen LogP contribution in [0, 0.1) is 5.82 Å². The summed E-state index contributed by atoms with van der Waals surface area (Å²) < 4.78 is 14.2. The largest absolute Gasteiger partial charge is 0.266 e. The van der Waals surface area contributed by atoms with Crippen molar-refractivity contribution < 1.29 is 4.39 Å². The molecule has 0 unspecified atom stereocenters. The molecule has 0 aliphatic rings. The zero-order valence-corrected chi connectivity index (χ0v) is 5.95. The molecule has 2 heterocycles. The van der Waals surface area contributed by atoms with Crippen LogP contribution in [0.25, 0.3) is 11.0 Å². The number of fused-ring (bicyclic) bond motifs is 1. The van der Waals surface area contributed by atoms with Gasteiger partial charge in [0, 0.05) is 13.1 Å². The van der Waals surface area contributed by atoms with E-state index < -0.39 is 0 Å². The van der Waals surface area contributed by atoms with E-state index in [1.807, 2.05) is 0 Å². The Balaban J connectivity index is 2.87. The third-order valence-electron chi connectivity index (χ3n) is 1.57. The second-order valence-corrected chi connectivity index (χ2v) is 2.33. The van der Waals surface area contributed by atoms with Crippen LogP contribution in [0.1, 0.15) is 0 Å². The molecule has 0 bridgehead atoms. The van der Waals surface area contributed by atoms with Crippen LogP contribution in [-0.4, -0.2) is 14.8 Å². The monoisotopic (exact) mass is 151 g/mol. The Morgan fingerprint density at radius 1 is 1.45 bits per heavy atom. The number of aromatic nitrogens is 3. The van der Waals surface area contributed by atoms with Crippen LogP contribution >= 0.6 is 0 Å². The molecule has 56 valence electrons. The van der Waals surface area contributed by atoms with Crippen molar-refractivity contribution in [2.24, 2.45) is 7.05 Å². The first kappa shape index (κ1) is 6.27. The van der Waals surface area contributed by atoms with Crippen molar-refractivity contribution in [1.29, 1.82) is 0 Å². The van der Waals surface area contributed by atoms with Gasteiger partial charge in [-0.1, -0.05) is 0 Å². The molecule has 0 fully saturated rings. The minimum Gasteiger partial charge on any atom is -0.266 e. The lowest BCUT2D eigenvalue weighted by Crippen LogP contribution is -1.89. The van der Waals surface area contributed by atoms with Gasteiger partial charge in [-0.2, -0.15) is 5.10 Å². The average Bonchev–Trinajstić information content (AvgIpc) is 2.33. The standard InChI is InChI=1S/C7H6FN3/c1-11-7-2-5(8)3-9-6(7)4-10-11/h2-4H,1H3. The third kappa shape index (κ3) is 0.869. The van der Waals surface area contributed by atoms with Gasteiger partial charge in [0.25, 0.3) is 0 Å². The summed E-state index contributed by atoms with van der Waals surface area (Å²) in [5, 5.41) is 3.92. The van der Waals surface area contributed by atoms with Gasteiger partial charge in [0.2, 0.25) is 0 Å². The fourth-order valence-corrected chi connectivity index (χ4v) is 1.00. The maximum Gasteiger partial charge on any atom is 0.143 e. The van der Waals surface area contributed by atoms with Crippen LogP contribution in [0.3, 0.4) is 0 Å². The third-order valence-corrected chi connectivity index (χ3v) is 1.57. The summed E-state index contributed by atoms with van der Waals surface area (Å²) in [5.41, 5.74) is 1.43. The van der Waals surface area contributed by atoms with E-state index in [-0.39, 0.29) is 5.82 Å². The van der Waals surface area contributed by atoms with Gasteiger partial charge < -0.3 is 0 Å². The predicted octanol–water partition coefficient (Wildman–Crippen LogP) is 1.11. The first-order valence-corrected chi connectivity index (χ1v) is 3.20. The van der Waals surface area contributed by atoms with Gasteiger partial charge in [-0.05, 0) is 0 Å². The van der Waals surface area contributed by atoms with E-state index in [1.165, 1.54) is 12.3 Å². The molecule has 0 aliphatic heterocycles. The smallest absolute Gasteiger partial charge is 0.143 e. The summed E-state index contributed by atoms with van der Waals surface area (Å²) in [5.74, 6) is -0.332. The fourth-order valence-electron chi connectivity index (χ4n) is 1.00. The van der Waals surface area contributed by atoms with Gasteiger partial charge in [-0.25, -0.2) is 9.37 Å². The van der Waals surface area contributed by atoms with Gasteiger partial charge in [0.1, 0.15) is 11.3 Å². The maximum atomic E-state index is 12.6. The van der Waals surface area contributed by atoms with Crippen LogP contribution in [0.5, 0.6) is 0 Å². The summed E-state index contributed by atoms with van der Waals surface area (Å²) in [6, 6.07) is 1.41. The van der Waals surface area contributed by atoms with Crippen LogP contribution < -0.4 is 0 Å². The summed E-state index contributed by atoms with van der Waals surface area (Å²) in [6.45, 7) is 0. The van der Waals surface area contributed by atoms with Gasteiger partial charge in [0.05, 0.1) is 17.9 Å². The molecule has 0 aromatic carbocycles. The van der Waals surface area contributed by atoms with Gasteiger partial charge in [0.15, 0.2) is 0 Å². The lowest BCUT2D eigenvalue weighted by Gasteiger charge is -1.91. The topological polar surface area (TPSA) is 30.7 Å². The number of pyridine rings is 1. The number of aryl methyl sites for hydroxylation is 1. The summed E-state index contributed by atoms with van der Waals surface area (Å²) in [4.78, 5) is 3.84. The van der Waals surface area contributed by atoms with Crippen LogP contribution in [0.15, 0.2) is 18.5 Å². The Hall–Kier alpha value is -1.45. The Morgan fingerprint density at radius 2 is 2.27 bits per heavy atom. The highest BCUT2D eigenvalue weighted by atomic mass is 19.1. The fraction of sp³-hybridized carbons (Fsp3) is 0.143. The van der Waals surface area contributed by atoms with Crippen LogP contribution in [0.4, 0.5) is 4.39 Å². The second-order valence-electron chi connectivity index (χ2n) is 2.33. The van der Waals surface area contributed by atoms with Gasteiger partial charge in [-0.3, -0.25) is 4.68 Å². The van der Waals surface area contributed by atoms with Crippen molar-refractivity contribution in [1.82, 2.24) is 14.8 Å². The molecule has 2 aromatic heterocycles. The molecule has 0 atom stereocenters. The molecule has 0 saturated heterocycles.